The molecule has 2 aliphatic heterocycles. The molecule has 1 fully saturated rings. The van der Waals surface area contributed by atoms with Crippen LogP contribution in [-0.4, -0.2) is 56.1 Å². The van der Waals surface area contributed by atoms with Gasteiger partial charge in [0.15, 0.2) is 5.16 Å². The lowest BCUT2D eigenvalue weighted by Gasteiger charge is -2.41. The fourth-order valence-electron chi connectivity index (χ4n) is 3.63. The molecule has 2 aromatic rings. The monoisotopic (exact) mass is 362 g/mol. The minimum absolute atomic E-state index is 0.0726. The Morgan fingerprint density at radius 3 is 2.56 bits per heavy atom. The van der Waals surface area contributed by atoms with Crippen molar-refractivity contribution in [2.45, 2.75) is 42.5 Å². The molecule has 0 bridgehead atoms. The van der Waals surface area contributed by atoms with Crippen LogP contribution in [0, 0.1) is 5.82 Å². The number of aromatic nitrogens is 3. The molecule has 25 heavy (non-hydrogen) atoms. The van der Waals surface area contributed by atoms with Gasteiger partial charge in [-0.05, 0) is 31.5 Å². The maximum atomic E-state index is 13.4. The summed E-state index contributed by atoms with van der Waals surface area (Å²) in [6.45, 7) is 5.49. The van der Waals surface area contributed by atoms with Crippen molar-refractivity contribution in [2.24, 2.45) is 0 Å². The van der Waals surface area contributed by atoms with Crippen molar-refractivity contribution >= 4 is 17.7 Å². The van der Waals surface area contributed by atoms with E-state index in [0.29, 0.717) is 18.2 Å². The number of benzene rings is 1. The fraction of sp³-hybridized carbons (Fsp3) is 0.471. The second-order valence-electron chi connectivity index (χ2n) is 6.54. The van der Waals surface area contributed by atoms with E-state index >= 15 is 0 Å². The van der Waals surface area contributed by atoms with E-state index in [0.717, 1.165) is 5.56 Å². The van der Waals surface area contributed by atoms with Gasteiger partial charge in [-0.25, -0.2) is 9.37 Å². The first-order valence-electron chi connectivity index (χ1n) is 8.29. The van der Waals surface area contributed by atoms with Gasteiger partial charge in [0.05, 0.1) is 18.2 Å². The molecule has 4 unspecified atom stereocenters. The van der Waals surface area contributed by atoms with E-state index in [1.54, 1.807) is 12.1 Å². The number of carbonyl (C=O) groups is 1. The standard InChI is InChI=1S/C17H19FN4O2S/c1-10-7-21(8-11(2)24-10)14(12-3-5-13(18)6-4-12)15-16(23)22-17(25-15)19-9-20-22/h3-6,9-11,14-15H,7-8H2,1-2H3. The molecule has 0 spiro atoms. The normalized spacial score (nSPS) is 28.1. The molecular formula is C17H19FN4O2S. The number of nitrogens with zero attached hydrogens (tertiary/aromatic N) is 4. The van der Waals surface area contributed by atoms with Crippen LogP contribution in [0.25, 0.3) is 0 Å². The Labute approximate surface area is 149 Å². The molecule has 0 saturated carbocycles. The van der Waals surface area contributed by atoms with E-state index < -0.39 is 0 Å². The topological polar surface area (TPSA) is 60.2 Å². The molecule has 1 saturated heterocycles. The molecule has 6 nitrogen and oxygen atoms in total. The third kappa shape index (κ3) is 3.09. The van der Waals surface area contributed by atoms with Crippen LogP contribution in [0.5, 0.6) is 0 Å². The Balaban J connectivity index is 1.70. The molecule has 0 radical (unpaired) electrons. The highest BCUT2D eigenvalue weighted by Crippen LogP contribution is 2.41. The van der Waals surface area contributed by atoms with Crippen LogP contribution in [0.1, 0.15) is 30.2 Å². The van der Waals surface area contributed by atoms with Crippen molar-refractivity contribution in [3.63, 3.8) is 0 Å². The van der Waals surface area contributed by atoms with E-state index in [4.69, 9.17) is 4.74 Å². The van der Waals surface area contributed by atoms with Gasteiger partial charge in [0, 0.05) is 13.1 Å². The molecule has 0 aliphatic carbocycles. The van der Waals surface area contributed by atoms with Crippen molar-refractivity contribution < 1.29 is 13.9 Å². The Kier molecular flexibility index (Phi) is 4.35. The summed E-state index contributed by atoms with van der Waals surface area (Å²) in [6.07, 6.45) is 1.54. The quantitative estimate of drug-likeness (QED) is 0.836. The summed E-state index contributed by atoms with van der Waals surface area (Å²) < 4.78 is 20.6. The number of fused-ring (bicyclic) bond motifs is 1. The minimum Gasteiger partial charge on any atom is -0.373 e. The highest BCUT2D eigenvalue weighted by molar-refractivity contribution is 8.00. The first-order valence-corrected chi connectivity index (χ1v) is 9.17. The van der Waals surface area contributed by atoms with Crippen molar-refractivity contribution in [3.05, 3.63) is 42.0 Å². The maximum absolute atomic E-state index is 13.4. The van der Waals surface area contributed by atoms with E-state index in [1.165, 1.54) is 34.9 Å². The second kappa shape index (κ2) is 6.51. The molecule has 0 N–H and O–H groups in total. The predicted molar refractivity (Wildman–Crippen MR) is 91.0 cm³/mol. The lowest BCUT2D eigenvalue weighted by molar-refractivity contribution is -0.0804. The lowest BCUT2D eigenvalue weighted by atomic mass is 9.99. The van der Waals surface area contributed by atoms with Gasteiger partial charge in [-0.15, -0.1) is 0 Å². The summed E-state index contributed by atoms with van der Waals surface area (Å²) in [4.78, 5) is 19.3. The zero-order chi connectivity index (χ0) is 17.6. The number of hydrogen-bond acceptors (Lipinski definition) is 6. The smallest absolute Gasteiger partial charge is 0.264 e. The Morgan fingerprint density at radius 2 is 1.92 bits per heavy atom. The van der Waals surface area contributed by atoms with Crippen LogP contribution in [-0.2, 0) is 4.74 Å². The van der Waals surface area contributed by atoms with Gasteiger partial charge in [0.25, 0.3) is 5.91 Å². The van der Waals surface area contributed by atoms with Gasteiger partial charge < -0.3 is 4.74 Å². The summed E-state index contributed by atoms with van der Waals surface area (Å²) in [5, 5.41) is 4.27. The van der Waals surface area contributed by atoms with Crippen LogP contribution in [0.3, 0.4) is 0 Å². The Hall–Kier alpha value is -1.77. The van der Waals surface area contributed by atoms with Crippen molar-refractivity contribution in [1.29, 1.82) is 0 Å². The Bertz CT molecular complexity index is 771. The molecule has 4 rings (SSSR count). The number of halogens is 1. The fourth-order valence-corrected chi connectivity index (χ4v) is 4.86. The predicted octanol–water partition coefficient (Wildman–Crippen LogP) is 2.38. The van der Waals surface area contributed by atoms with Crippen molar-refractivity contribution in [3.8, 4) is 0 Å². The zero-order valence-electron chi connectivity index (χ0n) is 14.0. The van der Waals surface area contributed by atoms with E-state index in [2.05, 4.69) is 15.0 Å². The highest BCUT2D eigenvalue weighted by Gasteiger charge is 2.43. The highest BCUT2D eigenvalue weighted by atomic mass is 32.2. The molecule has 0 amide bonds. The van der Waals surface area contributed by atoms with Crippen molar-refractivity contribution in [1.82, 2.24) is 19.7 Å². The number of hydrogen-bond donors (Lipinski definition) is 0. The van der Waals surface area contributed by atoms with Crippen molar-refractivity contribution in [2.75, 3.05) is 13.1 Å². The second-order valence-corrected chi connectivity index (χ2v) is 7.65. The lowest BCUT2D eigenvalue weighted by Crippen LogP contribution is -2.50. The van der Waals surface area contributed by atoms with Crippen LogP contribution < -0.4 is 0 Å². The number of rotatable bonds is 3. The largest absolute Gasteiger partial charge is 0.373 e. The zero-order valence-corrected chi connectivity index (χ0v) is 14.8. The summed E-state index contributed by atoms with van der Waals surface area (Å²) in [6, 6.07) is 6.21. The third-order valence-corrected chi connectivity index (χ3v) is 5.74. The van der Waals surface area contributed by atoms with Gasteiger partial charge in [-0.1, -0.05) is 23.9 Å². The maximum Gasteiger partial charge on any atom is 0.264 e. The summed E-state index contributed by atoms with van der Waals surface area (Å²) in [5.41, 5.74) is 0.916. The number of morpholine rings is 1. The molecule has 3 heterocycles. The third-order valence-electron chi connectivity index (χ3n) is 4.54. The number of ether oxygens (including phenoxy) is 1. The van der Waals surface area contributed by atoms with Crippen LogP contribution in [0.15, 0.2) is 35.7 Å². The van der Waals surface area contributed by atoms with Gasteiger partial charge in [-0.3, -0.25) is 9.69 Å². The van der Waals surface area contributed by atoms with Gasteiger partial charge >= 0.3 is 0 Å². The first kappa shape index (κ1) is 16.7. The average Bonchev–Trinajstić information content (AvgIpc) is 3.13. The molecule has 2 aliphatic rings. The summed E-state index contributed by atoms with van der Waals surface area (Å²) in [7, 11) is 0. The van der Waals surface area contributed by atoms with E-state index in [9.17, 15) is 9.18 Å². The Morgan fingerprint density at radius 1 is 1.24 bits per heavy atom. The molecule has 132 valence electrons. The van der Waals surface area contributed by atoms with E-state index in [1.807, 2.05) is 13.8 Å². The first-order chi connectivity index (χ1) is 12.0. The van der Waals surface area contributed by atoms with Gasteiger partial charge in [-0.2, -0.15) is 9.78 Å². The molecule has 4 atom stereocenters. The molecule has 1 aromatic heterocycles. The molecular weight excluding hydrogens is 343 g/mol. The summed E-state index contributed by atoms with van der Waals surface area (Å²) in [5.74, 6) is -0.371. The summed E-state index contributed by atoms with van der Waals surface area (Å²) >= 11 is 1.42. The minimum atomic E-state index is -0.362. The molecule has 8 heteroatoms. The SMILES string of the molecule is CC1CN(C(c2ccc(F)cc2)C2Sc3ncnn3C2=O)CC(C)O1. The van der Waals surface area contributed by atoms with Crippen LogP contribution >= 0.6 is 11.8 Å². The average molecular weight is 362 g/mol. The van der Waals surface area contributed by atoms with Crippen LogP contribution in [0.2, 0.25) is 0 Å². The van der Waals surface area contributed by atoms with Gasteiger partial charge in [0.2, 0.25) is 0 Å². The van der Waals surface area contributed by atoms with Crippen LogP contribution in [0.4, 0.5) is 4.39 Å². The molecule has 1 aromatic carbocycles. The van der Waals surface area contributed by atoms with Gasteiger partial charge in [0.1, 0.15) is 17.4 Å². The van der Waals surface area contributed by atoms with E-state index in [-0.39, 0.29) is 35.2 Å². The number of thioether (sulfide) groups is 1. The number of carbonyl (C=O) groups excluding carboxylic acids is 1.